The first-order valence-corrected chi connectivity index (χ1v) is 5.37. The third kappa shape index (κ3) is 1.56. The van der Waals surface area contributed by atoms with Crippen molar-refractivity contribution in [3.8, 4) is 0 Å². The average Bonchev–Trinajstić information content (AvgIpc) is 2.70. The molecule has 0 saturated heterocycles. The number of halogens is 1. The lowest BCUT2D eigenvalue weighted by Gasteiger charge is -1.95. The zero-order valence-corrected chi connectivity index (χ0v) is 9.14. The van der Waals surface area contributed by atoms with Crippen LogP contribution in [-0.4, -0.2) is 21.1 Å². The van der Waals surface area contributed by atoms with Crippen molar-refractivity contribution in [1.29, 1.82) is 0 Å². The van der Waals surface area contributed by atoms with Crippen LogP contribution < -0.4 is 0 Å². The first kappa shape index (κ1) is 9.71. The quantitative estimate of drug-likeness (QED) is 0.858. The minimum Gasteiger partial charge on any atom is -0.392 e. The lowest BCUT2D eigenvalue weighted by molar-refractivity contribution is 0.332. The second-order valence-corrected chi connectivity index (χ2v) is 4.22. The Morgan fingerprint density at radius 3 is 3.29 bits per heavy atom. The Morgan fingerprint density at radius 2 is 2.57 bits per heavy atom. The number of nitrogens with zero attached hydrogens (tertiary/aromatic N) is 2. The number of rotatable bonds is 2. The molecule has 0 aromatic carbocycles. The van der Waals surface area contributed by atoms with Gasteiger partial charge < -0.3 is 5.11 Å². The molecule has 1 N–H and O–H groups in total. The molecule has 0 atom stereocenters. The van der Waals surface area contributed by atoms with Gasteiger partial charge in [-0.05, 0) is 18.6 Å². The predicted octanol–water partition coefficient (Wildman–Crippen LogP) is 2.44. The third-order valence-corrected chi connectivity index (χ3v) is 2.92. The van der Waals surface area contributed by atoms with E-state index < -0.39 is 0 Å². The summed E-state index contributed by atoms with van der Waals surface area (Å²) in [5.41, 5.74) is 1.69. The minimum atomic E-state index is 0.0354. The molecule has 14 heavy (non-hydrogen) atoms. The lowest BCUT2D eigenvalue weighted by atomic mass is 10.2. The molecular formula is C9H9ClN2OS. The Morgan fingerprint density at radius 1 is 1.79 bits per heavy atom. The standard InChI is InChI=1S/C9H9ClN2OS/c1-6(5-13)4-7-8(10)11-9-12(7)2-3-14-9/h2-4,13H,5H2,1H3. The van der Waals surface area contributed by atoms with Gasteiger partial charge in [0.05, 0.1) is 12.3 Å². The van der Waals surface area contributed by atoms with Crippen LogP contribution in [-0.2, 0) is 0 Å². The molecule has 3 nitrogen and oxygen atoms in total. The van der Waals surface area contributed by atoms with Gasteiger partial charge in [0.2, 0.25) is 0 Å². The summed E-state index contributed by atoms with van der Waals surface area (Å²) in [5, 5.41) is 11.3. The molecule has 0 amide bonds. The van der Waals surface area contributed by atoms with Crippen LogP contribution >= 0.6 is 22.9 Å². The molecule has 0 unspecified atom stereocenters. The highest BCUT2D eigenvalue weighted by atomic mass is 35.5. The summed E-state index contributed by atoms with van der Waals surface area (Å²) in [7, 11) is 0. The number of fused-ring (bicyclic) bond motifs is 1. The van der Waals surface area contributed by atoms with Gasteiger partial charge in [0.25, 0.3) is 0 Å². The van der Waals surface area contributed by atoms with Crippen molar-refractivity contribution < 1.29 is 5.11 Å². The fourth-order valence-electron chi connectivity index (χ4n) is 1.19. The van der Waals surface area contributed by atoms with Gasteiger partial charge in [0.1, 0.15) is 0 Å². The van der Waals surface area contributed by atoms with Crippen LogP contribution in [0.5, 0.6) is 0 Å². The van der Waals surface area contributed by atoms with Crippen LogP contribution in [0.2, 0.25) is 5.15 Å². The molecule has 0 spiro atoms. The van der Waals surface area contributed by atoms with Crippen molar-refractivity contribution in [1.82, 2.24) is 9.38 Å². The molecule has 0 bridgehead atoms. The SMILES string of the molecule is CC(=Cc1c(Cl)nc2sccn12)CO. The number of imidazole rings is 1. The van der Waals surface area contributed by atoms with E-state index in [1.807, 2.05) is 29.0 Å². The number of hydrogen-bond acceptors (Lipinski definition) is 3. The van der Waals surface area contributed by atoms with E-state index in [1.54, 1.807) is 0 Å². The van der Waals surface area contributed by atoms with Gasteiger partial charge in [-0.2, -0.15) is 0 Å². The minimum absolute atomic E-state index is 0.0354. The fraction of sp³-hybridized carbons (Fsp3) is 0.222. The van der Waals surface area contributed by atoms with Crippen molar-refractivity contribution in [3.63, 3.8) is 0 Å². The van der Waals surface area contributed by atoms with Crippen LogP contribution in [0.25, 0.3) is 11.0 Å². The lowest BCUT2D eigenvalue weighted by Crippen LogP contribution is -1.87. The Kier molecular flexibility index (Phi) is 2.58. The van der Waals surface area contributed by atoms with Crippen molar-refractivity contribution in [2.75, 3.05) is 6.61 Å². The Balaban J connectivity index is 2.59. The summed E-state index contributed by atoms with van der Waals surface area (Å²) >= 11 is 7.49. The van der Waals surface area contributed by atoms with E-state index in [0.29, 0.717) is 5.15 Å². The largest absolute Gasteiger partial charge is 0.392 e. The van der Waals surface area contributed by atoms with E-state index >= 15 is 0 Å². The van der Waals surface area contributed by atoms with Crippen molar-refractivity contribution in [3.05, 3.63) is 28.0 Å². The van der Waals surface area contributed by atoms with E-state index in [9.17, 15) is 0 Å². The maximum Gasteiger partial charge on any atom is 0.195 e. The Hall–Kier alpha value is -0.840. The summed E-state index contributed by atoms with van der Waals surface area (Å²) in [5.74, 6) is 0. The van der Waals surface area contributed by atoms with Gasteiger partial charge in [-0.15, -0.1) is 11.3 Å². The molecule has 2 aromatic heterocycles. The summed E-state index contributed by atoms with van der Waals surface area (Å²) in [4.78, 5) is 5.05. The molecule has 2 rings (SSSR count). The van der Waals surface area contributed by atoms with Crippen LogP contribution in [0.3, 0.4) is 0 Å². The molecular weight excluding hydrogens is 220 g/mol. The van der Waals surface area contributed by atoms with Crippen LogP contribution in [0.4, 0.5) is 0 Å². The monoisotopic (exact) mass is 228 g/mol. The molecule has 0 aliphatic heterocycles. The average molecular weight is 229 g/mol. The molecule has 2 aromatic rings. The zero-order valence-electron chi connectivity index (χ0n) is 7.57. The zero-order chi connectivity index (χ0) is 10.1. The van der Waals surface area contributed by atoms with E-state index in [1.165, 1.54) is 11.3 Å². The van der Waals surface area contributed by atoms with Crippen molar-refractivity contribution in [2.45, 2.75) is 6.92 Å². The van der Waals surface area contributed by atoms with Gasteiger partial charge in [-0.25, -0.2) is 4.98 Å². The van der Waals surface area contributed by atoms with Gasteiger partial charge in [-0.1, -0.05) is 11.6 Å². The molecule has 5 heteroatoms. The van der Waals surface area contributed by atoms with Gasteiger partial charge in [-0.3, -0.25) is 4.40 Å². The third-order valence-electron chi connectivity index (χ3n) is 1.89. The summed E-state index contributed by atoms with van der Waals surface area (Å²) in [6.45, 7) is 1.88. The second kappa shape index (κ2) is 3.73. The number of aliphatic hydroxyl groups excluding tert-OH is 1. The molecule has 0 aliphatic rings. The Bertz CT molecular complexity index is 486. The van der Waals surface area contributed by atoms with Crippen molar-refractivity contribution in [2.24, 2.45) is 0 Å². The molecule has 2 heterocycles. The highest BCUT2D eigenvalue weighted by Crippen LogP contribution is 2.23. The van der Waals surface area contributed by atoms with E-state index in [-0.39, 0.29) is 6.61 Å². The first-order valence-electron chi connectivity index (χ1n) is 4.11. The van der Waals surface area contributed by atoms with Gasteiger partial charge in [0.15, 0.2) is 10.1 Å². The van der Waals surface area contributed by atoms with Crippen LogP contribution in [0.1, 0.15) is 12.6 Å². The van der Waals surface area contributed by atoms with Gasteiger partial charge >= 0.3 is 0 Å². The van der Waals surface area contributed by atoms with Crippen molar-refractivity contribution >= 4 is 34.0 Å². The topological polar surface area (TPSA) is 37.5 Å². The van der Waals surface area contributed by atoms with Crippen LogP contribution in [0.15, 0.2) is 17.2 Å². The normalized spacial score (nSPS) is 12.6. The Labute approximate surface area is 90.3 Å². The second-order valence-electron chi connectivity index (χ2n) is 2.99. The maximum absolute atomic E-state index is 8.91. The smallest absolute Gasteiger partial charge is 0.195 e. The van der Waals surface area contributed by atoms with Crippen LogP contribution in [0, 0.1) is 0 Å². The number of aromatic nitrogens is 2. The fourth-order valence-corrected chi connectivity index (χ4v) is 2.18. The number of aliphatic hydroxyl groups is 1. The highest BCUT2D eigenvalue weighted by Gasteiger charge is 2.08. The molecule has 74 valence electrons. The summed E-state index contributed by atoms with van der Waals surface area (Å²) in [6.07, 6.45) is 3.75. The maximum atomic E-state index is 8.91. The number of thiazole rings is 1. The molecule has 0 saturated carbocycles. The first-order chi connectivity index (χ1) is 6.72. The molecule has 0 aliphatic carbocycles. The molecule has 0 fully saturated rings. The van der Waals surface area contributed by atoms with E-state index in [2.05, 4.69) is 4.98 Å². The highest BCUT2D eigenvalue weighted by molar-refractivity contribution is 7.15. The van der Waals surface area contributed by atoms with Gasteiger partial charge in [0, 0.05) is 11.6 Å². The molecule has 0 radical (unpaired) electrons. The van der Waals surface area contributed by atoms with E-state index in [4.69, 9.17) is 16.7 Å². The summed E-state index contributed by atoms with van der Waals surface area (Å²) < 4.78 is 1.91. The van der Waals surface area contributed by atoms with E-state index in [0.717, 1.165) is 16.2 Å². The predicted molar refractivity (Wildman–Crippen MR) is 58.8 cm³/mol. The number of hydrogen-bond donors (Lipinski definition) is 1. The summed E-state index contributed by atoms with van der Waals surface area (Å²) in [6, 6.07) is 0.